The van der Waals surface area contributed by atoms with Gasteiger partial charge >= 0.3 is 5.00 Å². The zero-order valence-corrected chi connectivity index (χ0v) is 11.2. The Bertz CT molecular complexity index is 604. The van der Waals surface area contributed by atoms with Gasteiger partial charge in [0.25, 0.3) is 0 Å². The van der Waals surface area contributed by atoms with E-state index in [0.29, 0.717) is 4.88 Å². The second kappa shape index (κ2) is 6.21. The molecule has 2 rings (SSSR count). The zero-order valence-electron chi connectivity index (χ0n) is 9.61. The van der Waals surface area contributed by atoms with E-state index >= 15 is 0 Å². The van der Waals surface area contributed by atoms with Crippen LogP contribution in [0.5, 0.6) is 0 Å². The minimum atomic E-state index is -0.461. The maximum absolute atomic E-state index is 11.5. The normalized spacial score (nSPS) is 10.7. The van der Waals surface area contributed by atoms with Crippen LogP contribution in [0.1, 0.15) is 9.75 Å². The van der Waals surface area contributed by atoms with E-state index in [9.17, 15) is 14.9 Å². The van der Waals surface area contributed by atoms with E-state index in [0.717, 1.165) is 16.2 Å². The van der Waals surface area contributed by atoms with Crippen molar-refractivity contribution >= 4 is 39.8 Å². The Balaban J connectivity index is 1.85. The number of hydrazone groups is 1. The first-order valence-corrected chi connectivity index (χ1v) is 6.93. The van der Waals surface area contributed by atoms with Crippen LogP contribution in [0.3, 0.4) is 0 Å². The first-order chi connectivity index (χ1) is 9.15. The third kappa shape index (κ3) is 3.97. The molecule has 8 heteroatoms. The Morgan fingerprint density at radius 1 is 1.47 bits per heavy atom. The van der Waals surface area contributed by atoms with Crippen LogP contribution in [-0.4, -0.2) is 17.0 Å². The minimum Gasteiger partial charge on any atom is -0.273 e. The molecule has 1 amide bonds. The van der Waals surface area contributed by atoms with E-state index in [4.69, 9.17) is 0 Å². The summed E-state index contributed by atoms with van der Waals surface area (Å²) in [5.74, 6) is -0.218. The van der Waals surface area contributed by atoms with Crippen molar-refractivity contribution in [2.75, 3.05) is 0 Å². The summed E-state index contributed by atoms with van der Waals surface area (Å²) < 4.78 is 0. The molecule has 6 nitrogen and oxygen atoms in total. The fourth-order valence-corrected chi connectivity index (χ4v) is 2.69. The fourth-order valence-electron chi connectivity index (χ4n) is 1.29. The van der Waals surface area contributed by atoms with Crippen LogP contribution in [0.4, 0.5) is 5.00 Å². The largest absolute Gasteiger partial charge is 0.324 e. The highest BCUT2D eigenvalue weighted by molar-refractivity contribution is 7.16. The Kier molecular flexibility index (Phi) is 4.37. The molecular weight excluding hydrogens is 286 g/mol. The summed E-state index contributed by atoms with van der Waals surface area (Å²) in [6.45, 7) is 0. The smallest absolute Gasteiger partial charge is 0.273 e. The molecule has 0 unspecified atom stereocenters. The van der Waals surface area contributed by atoms with E-state index in [1.54, 1.807) is 6.07 Å². The number of nitrogens with zero attached hydrogens (tertiary/aromatic N) is 2. The zero-order chi connectivity index (χ0) is 13.7. The van der Waals surface area contributed by atoms with Crippen LogP contribution >= 0.6 is 22.7 Å². The second-order valence-electron chi connectivity index (χ2n) is 3.48. The molecule has 0 atom stereocenters. The predicted molar refractivity (Wildman–Crippen MR) is 74.7 cm³/mol. The van der Waals surface area contributed by atoms with Crippen LogP contribution < -0.4 is 5.43 Å². The van der Waals surface area contributed by atoms with Gasteiger partial charge in [0.2, 0.25) is 5.91 Å². The molecule has 19 heavy (non-hydrogen) atoms. The summed E-state index contributed by atoms with van der Waals surface area (Å²) in [5, 5.41) is 16.2. The first-order valence-electron chi connectivity index (χ1n) is 5.23. The molecule has 0 aliphatic heterocycles. The molecule has 0 aromatic carbocycles. The molecule has 0 radical (unpaired) electrons. The number of hydrogen-bond acceptors (Lipinski definition) is 6. The standard InChI is InChI=1S/C11H9N3O3S2/c15-10(6-8-2-1-5-18-8)13-12-7-9-3-4-11(19-9)14(16)17/h1-5,7H,6H2,(H,13,15)/b12-7-. The number of carbonyl (C=O) groups excluding carboxylic acids is 1. The minimum absolute atomic E-state index is 0.0476. The number of thiophene rings is 2. The number of amides is 1. The van der Waals surface area contributed by atoms with Crippen molar-refractivity contribution in [3.8, 4) is 0 Å². The molecule has 0 fully saturated rings. The third-order valence-corrected chi connectivity index (χ3v) is 3.94. The molecular formula is C11H9N3O3S2. The Labute approximate surface area is 116 Å². The Morgan fingerprint density at radius 3 is 2.95 bits per heavy atom. The lowest BCUT2D eigenvalue weighted by Crippen LogP contribution is -2.19. The Hall–Kier alpha value is -2.06. The molecule has 2 aromatic heterocycles. The Morgan fingerprint density at radius 2 is 2.32 bits per heavy atom. The van der Waals surface area contributed by atoms with Gasteiger partial charge in [-0.05, 0) is 17.5 Å². The van der Waals surface area contributed by atoms with E-state index in [-0.39, 0.29) is 17.3 Å². The first kappa shape index (κ1) is 13.4. The summed E-state index contributed by atoms with van der Waals surface area (Å²) in [7, 11) is 0. The average Bonchev–Trinajstić information content (AvgIpc) is 3.00. The SMILES string of the molecule is O=C(Cc1cccs1)N/N=C\c1ccc([N+](=O)[O-])s1. The van der Waals surface area contributed by atoms with Crippen LogP contribution in [0.2, 0.25) is 0 Å². The lowest BCUT2D eigenvalue weighted by molar-refractivity contribution is -0.380. The van der Waals surface area contributed by atoms with Gasteiger partial charge in [0, 0.05) is 10.9 Å². The van der Waals surface area contributed by atoms with Gasteiger partial charge in [-0.3, -0.25) is 14.9 Å². The molecule has 2 aromatic rings. The molecule has 98 valence electrons. The van der Waals surface area contributed by atoms with Crippen molar-refractivity contribution in [2.24, 2.45) is 5.10 Å². The fraction of sp³-hybridized carbons (Fsp3) is 0.0909. The summed E-state index contributed by atoms with van der Waals surface area (Å²) in [5.41, 5.74) is 2.38. The number of nitro groups is 1. The van der Waals surface area contributed by atoms with Crippen molar-refractivity contribution in [3.63, 3.8) is 0 Å². The number of nitrogens with one attached hydrogen (secondary N) is 1. The molecule has 1 N–H and O–H groups in total. The van der Waals surface area contributed by atoms with Crippen LogP contribution in [0.25, 0.3) is 0 Å². The van der Waals surface area contributed by atoms with Gasteiger partial charge in [-0.25, -0.2) is 5.43 Å². The van der Waals surface area contributed by atoms with Gasteiger partial charge in [-0.15, -0.1) is 11.3 Å². The van der Waals surface area contributed by atoms with Gasteiger partial charge in [-0.2, -0.15) is 5.10 Å². The lowest BCUT2D eigenvalue weighted by Gasteiger charge is -1.96. The number of carbonyl (C=O) groups is 1. The molecule has 0 bridgehead atoms. The second-order valence-corrected chi connectivity index (χ2v) is 5.61. The van der Waals surface area contributed by atoms with Gasteiger partial charge in [-0.1, -0.05) is 17.4 Å². The quantitative estimate of drug-likeness (QED) is 0.522. The number of hydrogen-bond donors (Lipinski definition) is 1. The molecule has 0 aliphatic carbocycles. The van der Waals surface area contributed by atoms with Gasteiger partial charge in [0.15, 0.2) is 0 Å². The van der Waals surface area contributed by atoms with Gasteiger partial charge < -0.3 is 0 Å². The van der Waals surface area contributed by atoms with E-state index in [1.165, 1.54) is 23.6 Å². The summed E-state index contributed by atoms with van der Waals surface area (Å²) >= 11 is 2.50. The monoisotopic (exact) mass is 295 g/mol. The maximum Gasteiger partial charge on any atom is 0.324 e. The summed E-state index contributed by atoms with van der Waals surface area (Å²) in [4.78, 5) is 23.1. The summed E-state index contributed by atoms with van der Waals surface area (Å²) in [6.07, 6.45) is 1.67. The highest BCUT2D eigenvalue weighted by Crippen LogP contribution is 2.22. The van der Waals surface area contributed by atoms with Crippen molar-refractivity contribution < 1.29 is 9.72 Å². The van der Waals surface area contributed by atoms with E-state index < -0.39 is 4.92 Å². The van der Waals surface area contributed by atoms with E-state index in [2.05, 4.69) is 10.5 Å². The maximum atomic E-state index is 11.5. The van der Waals surface area contributed by atoms with Crippen LogP contribution in [0.15, 0.2) is 34.7 Å². The third-order valence-electron chi connectivity index (χ3n) is 2.09. The lowest BCUT2D eigenvalue weighted by atomic mass is 10.3. The van der Waals surface area contributed by atoms with Crippen molar-refractivity contribution in [1.82, 2.24) is 5.43 Å². The predicted octanol–water partition coefficient (Wildman–Crippen LogP) is 2.41. The molecule has 0 saturated carbocycles. The molecule has 0 spiro atoms. The average molecular weight is 295 g/mol. The van der Waals surface area contributed by atoms with Crippen molar-refractivity contribution in [3.05, 3.63) is 49.5 Å². The molecule has 0 aliphatic rings. The van der Waals surface area contributed by atoms with Crippen LogP contribution in [-0.2, 0) is 11.2 Å². The van der Waals surface area contributed by atoms with E-state index in [1.807, 2.05) is 17.5 Å². The van der Waals surface area contributed by atoms with Gasteiger partial charge in [0.1, 0.15) is 0 Å². The highest BCUT2D eigenvalue weighted by atomic mass is 32.1. The molecule has 0 saturated heterocycles. The van der Waals surface area contributed by atoms with Crippen molar-refractivity contribution in [2.45, 2.75) is 6.42 Å². The highest BCUT2D eigenvalue weighted by Gasteiger charge is 2.08. The number of rotatable bonds is 5. The van der Waals surface area contributed by atoms with Gasteiger partial charge in [0.05, 0.1) is 22.4 Å². The van der Waals surface area contributed by atoms with Crippen LogP contribution in [0, 0.1) is 10.1 Å². The molecule has 2 heterocycles. The summed E-state index contributed by atoms with van der Waals surface area (Å²) in [6, 6.07) is 6.73. The topological polar surface area (TPSA) is 84.6 Å². The van der Waals surface area contributed by atoms with Crippen molar-refractivity contribution in [1.29, 1.82) is 0 Å².